The first kappa shape index (κ1) is 32.0. The Balaban J connectivity index is 1.54. The largest absolute Gasteiger partial charge is 0.497 e. The predicted molar refractivity (Wildman–Crippen MR) is 186 cm³/mol. The van der Waals surface area contributed by atoms with Crippen molar-refractivity contribution < 1.29 is 23.7 Å². The van der Waals surface area contributed by atoms with Gasteiger partial charge in [0.15, 0.2) is 16.3 Å². The number of methoxy groups -OCH3 is 2. The minimum absolute atomic E-state index is 0.170. The number of carbonyl (C=O) groups excluding carboxylic acids is 1. The maximum atomic E-state index is 14.4. The van der Waals surface area contributed by atoms with Crippen molar-refractivity contribution in [2.45, 2.75) is 19.6 Å². The van der Waals surface area contributed by atoms with Gasteiger partial charge in [0.05, 0.1) is 42.7 Å². The maximum Gasteiger partial charge on any atom is 0.338 e. The quantitative estimate of drug-likeness (QED) is 0.158. The van der Waals surface area contributed by atoms with E-state index in [9.17, 15) is 9.59 Å². The van der Waals surface area contributed by atoms with Gasteiger partial charge < -0.3 is 18.9 Å². The number of carbonyl (C=O) groups is 1. The van der Waals surface area contributed by atoms with Crippen LogP contribution in [0.3, 0.4) is 0 Å². The molecule has 4 aromatic carbocycles. The normalized spacial score (nSPS) is 14.3. The van der Waals surface area contributed by atoms with Crippen LogP contribution >= 0.6 is 27.3 Å². The number of fused-ring (bicyclic) bond motifs is 1. The minimum Gasteiger partial charge on any atom is -0.497 e. The molecule has 0 N–H and O–H groups in total. The van der Waals surface area contributed by atoms with Crippen molar-refractivity contribution in [3.63, 3.8) is 0 Å². The Morgan fingerprint density at radius 2 is 1.68 bits per heavy atom. The molecule has 0 spiro atoms. The van der Waals surface area contributed by atoms with Crippen LogP contribution in [0.2, 0.25) is 0 Å². The summed E-state index contributed by atoms with van der Waals surface area (Å²) >= 11 is 4.71. The molecule has 0 saturated heterocycles. The number of rotatable bonds is 10. The highest BCUT2D eigenvalue weighted by molar-refractivity contribution is 9.10. The van der Waals surface area contributed by atoms with Gasteiger partial charge in [-0.05, 0) is 54.5 Å². The summed E-state index contributed by atoms with van der Waals surface area (Å²) in [5.41, 5.74) is 3.53. The molecule has 0 fully saturated rings. The van der Waals surface area contributed by atoms with E-state index in [-0.39, 0.29) is 17.7 Å². The van der Waals surface area contributed by atoms with Crippen molar-refractivity contribution in [3.05, 3.63) is 149 Å². The molecular weight excluding hydrogens is 680 g/mol. The Bertz CT molecular complexity index is 2120. The smallest absolute Gasteiger partial charge is 0.338 e. The molecule has 1 aliphatic heterocycles. The number of hydrogen-bond donors (Lipinski definition) is 0. The third-order valence-electron chi connectivity index (χ3n) is 7.62. The summed E-state index contributed by atoms with van der Waals surface area (Å²) in [5.74, 6) is 1.16. The standard InChI is InChI=1S/C37H31BrN2O6S/c1-4-45-36(42)31-32(24-9-6-5-7-10-24)39-37-40(33(31)25-15-19-28(43-2)20-16-25)35(41)30(47-37)21-26-11-8-12-29(44-3)34(26)46-22-23-13-17-27(38)18-14-23/h5-21,33H,4,22H2,1-3H3/b30-21-/t33-/m0/s1. The van der Waals surface area contributed by atoms with Crippen LogP contribution in [0.5, 0.6) is 17.2 Å². The average molecular weight is 712 g/mol. The van der Waals surface area contributed by atoms with E-state index in [1.807, 2.05) is 84.9 Å². The molecule has 47 heavy (non-hydrogen) atoms. The van der Waals surface area contributed by atoms with Crippen molar-refractivity contribution in [1.29, 1.82) is 0 Å². The van der Waals surface area contributed by atoms with E-state index in [0.717, 1.165) is 15.6 Å². The fourth-order valence-electron chi connectivity index (χ4n) is 5.38. The van der Waals surface area contributed by atoms with Gasteiger partial charge in [0, 0.05) is 15.6 Å². The van der Waals surface area contributed by atoms with Crippen molar-refractivity contribution in [2.75, 3.05) is 20.8 Å². The summed E-state index contributed by atoms with van der Waals surface area (Å²) in [7, 11) is 3.17. The van der Waals surface area contributed by atoms with E-state index in [2.05, 4.69) is 15.9 Å². The highest BCUT2D eigenvalue weighted by Crippen LogP contribution is 2.36. The lowest BCUT2D eigenvalue weighted by Gasteiger charge is -2.26. The topological polar surface area (TPSA) is 88.4 Å². The van der Waals surface area contributed by atoms with Crippen LogP contribution in [0.25, 0.3) is 11.8 Å². The van der Waals surface area contributed by atoms with Crippen LogP contribution in [0.1, 0.15) is 35.2 Å². The Kier molecular flexibility index (Phi) is 9.70. The van der Waals surface area contributed by atoms with Gasteiger partial charge in [-0.25, -0.2) is 9.79 Å². The molecule has 5 aromatic rings. The number of halogens is 1. The van der Waals surface area contributed by atoms with Gasteiger partial charge in [0.25, 0.3) is 5.56 Å². The third kappa shape index (κ3) is 6.65. The number of esters is 1. The minimum atomic E-state index is -0.799. The summed E-state index contributed by atoms with van der Waals surface area (Å²) in [6.45, 7) is 2.22. The molecule has 0 aliphatic carbocycles. The van der Waals surface area contributed by atoms with Crippen molar-refractivity contribution in [3.8, 4) is 17.2 Å². The van der Waals surface area contributed by atoms with Crippen molar-refractivity contribution in [1.82, 2.24) is 4.57 Å². The lowest BCUT2D eigenvalue weighted by Crippen LogP contribution is -2.40. The summed E-state index contributed by atoms with van der Waals surface area (Å²) in [4.78, 5) is 33.5. The maximum absolute atomic E-state index is 14.4. The lowest BCUT2D eigenvalue weighted by molar-refractivity contribution is -0.138. The van der Waals surface area contributed by atoms with Crippen molar-refractivity contribution in [2.24, 2.45) is 4.99 Å². The molecule has 10 heteroatoms. The van der Waals surface area contributed by atoms with Gasteiger partial charge >= 0.3 is 5.97 Å². The number of hydrogen-bond acceptors (Lipinski definition) is 8. The molecule has 2 heterocycles. The number of ether oxygens (including phenoxy) is 4. The van der Waals surface area contributed by atoms with Gasteiger partial charge in [0.2, 0.25) is 0 Å². The van der Waals surface area contributed by atoms with Crippen LogP contribution in [-0.4, -0.2) is 31.4 Å². The predicted octanol–water partition coefficient (Wildman–Crippen LogP) is 6.29. The molecule has 0 unspecified atom stereocenters. The van der Waals surface area contributed by atoms with Gasteiger partial charge in [0.1, 0.15) is 12.4 Å². The van der Waals surface area contributed by atoms with Crippen LogP contribution in [-0.2, 0) is 16.1 Å². The molecule has 238 valence electrons. The number of nitrogens with zero attached hydrogens (tertiary/aromatic N) is 2. The van der Waals surface area contributed by atoms with E-state index < -0.39 is 12.0 Å². The molecular formula is C37H31BrN2O6S. The Labute approximate surface area is 284 Å². The van der Waals surface area contributed by atoms with E-state index >= 15 is 0 Å². The summed E-state index contributed by atoms with van der Waals surface area (Å²) in [6, 6.07) is 29.4. The van der Waals surface area contributed by atoms with E-state index in [4.69, 9.17) is 23.9 Å². The Morgan fingerprint density at radius 1 is 0.936 bits per heavy atom. The van der Waals surface area contributed by atoms with Crippen LogP contribution < -0.4 is 29.1 Å². The average Bonchev–Trinajstić information content (AvgIpc) is 3.41. The number of benzene rings is 4. The van der Waals surface area contributed by atoms with Crippen LogP contribution in [0.15, 0.2) is 117 Å². The summed E-state index contributed by atoms with van der Waals surface area (Å²) in [6.07, 6.45) is 1.78. The first-order valence-corrected chi connectivity index (χ1v) is 16.5. The number of thiazole rings is 1. The highest BCUT2D eigenvalue weighted by atomic mass is 79.9. The SMILES string of the molecule is CCOC(=O)C1=C(c2ccccc2)N=c2s/c(=C\c3cccc(OC)c3OCc3ccc(Br)cc3)c(=O)n2[C@H]1c1ccc(OC)cc1. The van der Waals surface area contributed by atoms with Crippen LogP contribution in [0.4, 0.5) is 0 Å². The van der Waals surface area contributed by atoms with E-state index in [0.29, 0.717) is 50.0 Å². The second-order valence-corrected chi connectivity index (χ2v) is 12.4. The van der Waals surface area contributed by atoms with Gasteiger partial charge in [-0.1, -0.05) is 94.0 Å². The fraction of sp³-hybridized carbons (Fsp3) is 0.162. The first-order chi connectivity index (χ1) is 22.9. The van der Waals surface area contributed by atoms with Gasteiger partial charge in [-0.2, -0.15) is 0 Å². The van der Waals surface area contributed by atoms with Gasteiger partial charge in [-0.3, -0.25) is 9.36 Å². The molecule has 0 saturated carbocycles. The highest BCUT2D eigenvalue weighted by Gasteiger charge is 2.35. The first-order valence-electron chi connectivity index (χ1n) is 14.9. The van der Waals surface area contributed by atoms with E-state index in [1.54, 1.807) is 43.9 Å². The molecule has 8 nitrogen and oxygen atoms in total. The third-order valence-corrected chi connectivity index (χ3v) is 9.13. The molecule has 0 amide bonds. The molecule has 1 atom stereocenters. The van der Waals surface area contributed by atoms with Crippen molar-refractivity contribution >= 4 is 45.0 Å². The molecule has 0 bridgehead atoms. The summed E-state index contributed by atoms with van der Waals surface area (Å²) < 4.78 is 25.8. The zero-order chi connectivity index (χ0) is 32.9. The fourth-order valence-corrected chi connectivity index (χ4v) is 6.64. The van der Waals surface area contributed by atoms with Gasteiger partial charge in [-0.15, -0.1) is 0 Å². The Hall–Kier alpha value is -4.93. The number of aromatic nitrogens is 1. The zero-order valence-corrected chi connectivity index (χ0v) is 28.3. The van der Waals surface area contributed by atoms with E-state index in [1.165, 1.54) is 11.3 Å². The molecule has 0 radical (unpaired) electrons. The molecule has 1 aromatic heterocycles. The summed E-state index contributed by atoms with van der Waals surface area (Å²) in [5, 5.41) is 0. The Morgan fingerprint density at radius 3 is 2.36 bits per heavy atom. The van der Waals surface area contributed by atoms with Crippen LogP contribution in [0, 0.1) is 0 Å². The molecule has 1 aliphatic rings. The second-order valence-electron chi connectivity index (χ2n) is 10.5. The zero-order valence-electron chi connectivity index (χ0n) is 25.9. The second kappa shape index (κ2) is 14.2. The lowest BCUT2D eigenvalue weighted by atomic mass is 9.93. The molecule has 6 rings (SSSR count). The number of para-hydroxylation sites is 1. The monoisotopic (exact) mass is 710 g/mol.